The van der Waals surface area contributed by atoms with Gasteiger partial charge in [0.15, 0.2) is 0 Å². The van der Waals surface area contributed by atoms with E-state index in [0.29, 0.717) is 5.69 Å². The zero-order valence-electron chi connectivity index (χ0n) is 12.5. The summed E-state index contributed by atoms with van der Waals surface area (Å²) in [6, 6.07) is 5.25. The van der Waals surface area contributed by atoms with Crippen LogP contribution in [-0.4, -0.2) is 30.6 Å². The van der Waals surface area contributed by atoms with Crippen molar-refractivity contribution in [2.24, 2.45) is 0 Å². The van der Waals surface area contributed by atoms with Crippen LogP contribution in [0.5, 0.6) is 0 Å². The first kappa shape index (κ1) is 17.3. The molecule has 0 bridgehead atoms. The van der Waals surface area contributed by atoms with E-state index in [1.165, 1.54) is 12.1 Å². The molecule has 3 nitrogen and oxygen atoms in total. The number of nitrogens with one attached hydrogen (secondary N) is 1. The number of likely N-dealkylation sites (N-methyl/N-ethyl adjacent to an activating group) is 1. The van der Waals surface area contributed by atoms with Gasteiger partial charge in [-0.15, -0.1) is 0 Å². The second kappa shape index (κ2) is 7.32. The Morgan fingerprint density at radius 1 is 1.29 bits per heavy atom. The fourth-order valence-electron chi connectivity index (χ4n) is 2.17. The Hall–Kier alpha value is -1.74. The lowest BCUT2D eigenvalue weighted by atomic mass is 10.1. The fraction of sp³-hybridized carbons (Fsp3) is 0.533. The minimum atomic E-state index is -4.50. The molecule has 0 aliphatic heterocycles. The summed E-state index contributed by atoms with van der Waals surface area (Å²) >= 11 is 0. The lowest BCUT2D eigenvalue weighted by Gasteiger charge is -2.24. The number of benzene rings is 1. The highest BCUT2D eigenvalue weighted by Gasteiger charge is 2.33. The van der Waals surface area contributed by atoms with Crippen molar-refractivity contribution in [2.45, 2.75) is 33.0 Å². The van der Waals surface area contributed by atoms with Crippen molar-refractivity contribution in [1.82, 2.24) is 4.90 Å². The fourth-order valence-corrected chi connectivity index (χ4v) is 2.17. The molecular formula is C15H20F3N3. The highest BCUT2D eigenvalue weighted by atomic mass is 19.4. The van der Waals surface area contributed by atoms with Gasteiger partial charge in [-0.2, -0.15) is 18.4 Å². The molecule has 0 heterocycles. The van der Waals surface area contributed by atoms with Crippen molar-refractivity contribution in [2.75, 3.05) is 25.0 Å². The van der Waals surface area contributed by atoms with Crippen molar-refractivity contribution < 1.29 is 13.2 Å². The smallest absolute Gasteiger partial charge is 0.381 e. The number of alkyl halides is 3. The highest BCUT2D eigenvalue weighted by molar-refractivity contribution is 5.54. The zero-order valence-corrected chi connectivity index (χ0v) is 12.5. The highest BCUT2D eigenvalue weighted by Crippen LogP contribution is 2.33. The van der Waals surface area contributed by atoms with E-state index in [0.717, 1.165) is 25.7 Å². The number of nitriles is 1. The number of halogens is 3. The Kier molecular flexibility index (Phi) is 6.03. The van der Waals surface area contributed by atoms with Gasteiger partial charge < -0.3 is 10.2 Å². The maximum Gasteiger partial charge on any atom is 0.417 e. The van der Waals surface area contributed by atoms with Crippen LogP contribution < -0.4 is 5.32 Å². The molecule has 0 saturated carbocycles. The lowest BCUT2D eigenvalue weighted by Crippen LogP contribution is -2.34. The number of nitrogens with zero attached hydrogens (tertiary/aromatic N) is 2. The first-order chi connectivity index (χ1) is 9.81. The Bertz CT molecular complexity index is 502. The predicted octanol–water partition coefficient (Wildman–Crippen LogP) is 3.72. The summed E-state index contributed by atoms with van der Waals surface area (Å²) < 4.78 is 38.1. The van der Waals surface area contributed by atoms with Crippen LogP contribution >= 0.6 is 0 Å². The molecule has 1 N–H and O–H groups in total. The molecule has 0 aliphatic rings. The molecule has 1 aromatic rings. The average molecular weight is 299 g/mol. The molecule has 0 saturated heterocycles. The molecule has 1 unspecified atom stereocenters. The summed E-state index contributed by atoms with van der Waals surface area (Å²) in [5.41, 5.74) is -0.728. The Morgan fingerprint density at radius 2 is 1.90 bits per heavy atom. The van der Waals surface area contributed by atoms with Crippen molar-refractivity contribution in [3.05, 3.63) is 29.3 Å². The minimum Gasteiger partial charge on any atom is -0.381 e. The third-order valence-electron chi connectivity index (χ3n) is 3.28. The second-order valence-electron chi connectivity index (χ2n) is 4.90. The molecule has 0 aliphatic carbocycles. The maximum absolute atomic E-state index is 12.7. The molecule has 21 heavy (non-hydrogen) atoms. The predicted molar refractivity (Wildman–Crippen MR) is 77.0 cm³/mol. The minimum absolute atomic E-state index is 0.0770. The van der Waals surface area contributed by atoms with Gasteiger partial charge in [-0.1, -0.05) is 13.8 Å². The van der Waals surface area contributed by atoms with Gasteiger partial charge in [-0.05, 0) is 38.2 Å². The van der Waals surface area contributed by atoms with E-state index in [-0.39, 0.29) is 11.6 Å². The summed E-state index contributed by atoms with van der Waals surface area (Å²) in [4.78, 5) is 2.22. The van der Waals surface area contributed by atoms with Crippen molar-refractivity contribution in [3.8, 4) is 6.07 Å². The van der Waals surface area contributed by atoms with Gasteiger partial charge in [0, 0.05) is 18.3 Å². The third-order valence-corrected chi connectivity index (χ3v) is 3.28. The third kappa shape index (κ3) is 4.94. The molecule has 0 aromatic heterocycles. The Morgan fingerprint density at radius 3 is 2.38 bits per heavy atom. The van der Waals surface area contributed by atoms with Crippen LogP contribution in [0.4, 0.5) is 18.9 Å². The maximum atomic E-state index is 12.7. The van der Waals surface area contributed by atoms with E-state index in [1.54, 1.807) is 6.07 Å². The number of hydrogen-bond acceptors (Lipinski definition) is 3. The van der Waals surface area contributed by atoms with Crippen molar-refractivity contribution >= 4 is 5.69 Å². The van der Waals surface area contributed by atoms with Gasteiger partial charge in [-0.3, -0.25) is 0 Å². The topological polar surface area (TPSA) is 39.1 Å². The number of anilines is 1. The molecule has 1 atom stereocenters. The van der Waals surface area contributed by atoms with Gasteiger partial charge in [0.05, 0.1) is 17.2 Å². The van der Waals surface area contributed by atoms with E-state index in [4.69, 9.17) is 5.26 Å². The average Bonchev–Trinajstić information content (AvgIpc) is 2.43. The molecule has 116 valence electrons. The molecule has 1 rings (SSSR count). The van der Waals surface area contributed by atoms with Crippen LogP contribution in [0.3, 0.4) is 0 Å². The summed E-state index contributed by atoms with van der Waals surface area (Å²) in [5.74, 6) is 0. The molecule has 6 heteroatoms. The van der Waals surface area contributed by atoms with Gasteiger partial charge in [0.25, 0.3) is 0 Å². The molecule has 0 spiro atoms. The van der Waals surface area contributed by atoms with Crippen molar-refractivity contribution in [1.29, 1.82) is 5.26 Å². The van der Waals surface area contributed by atoms with Crippen LogP contribution in [0.25, 0.3) is 0 Å². The van der Waals surface area contributed by atoms with E-state index in [9.17, 15) is 13.2 Å². The molecule has 0 radical (unpaired) electrons. The number of hydrogen-bond donors (Lipinski definition) is 1. The molecular weight excluding hydrogens is 279 g/mol. The van der Waals surface area contributed by atoms with Gasteiger partial charge in [0.2, 0.25) is 0 Å². The summed E-state index contributed by atoms with van der Waals surface area (Å²) in [7, 11) is 0. The first-order valence-electron chi connectivity index (χ1n) is 6.92. The van der Waals surface area contributed by atoms with Crippen LogP contribution in [0, 0.1) is 11.3 Å². The van der Waals surface area contributed by atoms with Crippen LogP contribution in [0.1, 0.15) is 31.9 Å². The largest absolute Gasteiger partial charge is 0.417 e. The van der Waals surface area contributed by atoms with E-state index >= 15 is 0 Å². The van der Waals surface area contributed by atoms with E-state index < -0.39 is 11.7 Å². The quantitative estimate of drug-likeness (QED) is 0.870. The van der Waals surface area contributed by atoms with Crippen molar-refractivity contribution in [3.63, 3.8) is 0 Å². The molecule has 0 fully saturated rings. The lowest BCUT2D eigenvalue weighted by molar-refractivity contribution is -0.137. The van der Waals surface area contributed by atoms with E-state index in [2.05, 4.69) is 24.1 Å². The number of rotatable bonds is 6. The first-order valence-corrected chi connectivity index (χ1v) is 6.92. The SMILES string of the molecule is CCN(CC)CC(C)Nc1ccc(C(F)(F)F)c(C#N)c1. The second-order valence-corrected chi connectivity index (χ2v) is 4.90. The molecule has 0 amide bonds. The van der Waals surface area contributed by atoms with Gasteiger partial charge in [0.1, 0.15) is 0 Å². The van der Waals surface area contributed by atoms with Gasteiger partial charge >= 0.3 is 6.18 Å². The normalized spacial score (nSPS) is 13.0. The Balaban J connectivity index is 2.84. The summed E-state index contributed by atoms with van der Waals surface area (Å²) in [5, 5.41) is 12.0. The van der Waals surface area contributed by atoms with E-state index in [1.807, 2.05) is 6.92 Å². The zero-order chi connectivity index (χ0) is 16.0. The van der Waals surface area contributed by atoms with Crippen LogP contribution in [-0.2, 0) is 6.18 Å². The molecule has 1 aromatic carbocycles. The van der Waals surface area contributed by atoms with Crippen LogP contribution in [0.2, 0.25) is 0 Å². The summed E-state index contributed by atoms with van der Waals surface area (Å²) in [6.45, 7) is 8.69. The van der Waals surface area contributed by atoms with Crippen LogP contribution in [0.15, 0.2) is 18.2 Å². The monoisotopic (exact) mass is 299 g/mol. The Labute approximate surface area is 123 Å². The summed E-state index contributed by atoms with van der Waals surface area (Å²) in [6.07, 6.45) is -4.50. The standard InChI is InChI=1S/C15H20F3N3/c1-4-21(5-2)10-11(3)20-13-6-7-14(15(16,17)18)12(8-13)9-19/h6-8,11,20H,4-5,10H2,1-3H3. The van der Waals surface area contributed by atoms with Gasteiger partial charge in [-0.25, -0.2) is 0 Å².